The highest BCUT2D eigenvalue weighted by molar-refractivity contribution is 5.31. The number of hydrogen-bond donors (Lipinski definition) is 2. The monoisotopic (exact) mass is 198 g/mol. The predicted molar refractivity (Wildman–Crippen MR) is 51.3 cm³/mol. The molecule has 0 heterocycles. The Hall–Kier alpha value is -1.26. The fraction of sp³-hybridized carbons (Fsp3) is 0.400. The molecule has 0 spiro atoms. The minimum atomic E-state index is -0.964. The summed E-state index contributed by atoms with van der Waals surface area (Å²) in [5, 5.41) is 17.8. The Kier molecular flexibility index (Phi) is 4.22. The van der Waals surface area contributed by atoms with Gasteiger partial charge in [0.25, 0.3) is 0 Å². The van der Waals surface area contributed by atoms with Gasteiger partial charge in [-0.1, -0.05) is 0 Å². The number of benzene rings is 1. The highest BCUT2D eigenvalue weighted by Gasteiger charge is 2.04. The van der Waals surface area contributed by atoms with E-state index < -0.39 is 6.29 Å². The van der Waals surface area contributed by atoms with Gasteiger partial charge in [0.15, 0.2) is 6.29 Å². The van der Waals surface area contributed by atoms with Crippen LogP contribution in [0.2, 0.25) is 0 Å². The molecule has 0 bridgehead atoms. The molecule has 0 aliphatic carbocycles. The first kappa shape index (κ1) is 10.8. The van der Waals surface area contributed by atoms with Gasteiger partial charge in [-0.3, -0.25) is 0 Å². The molecule has 0 aromatic heterocycles. The first-order valence-electron chi connectivity index (χ1n) is 4.36. The zero-order valence-electron chi connectivity index (χ0n) is 8.01. The molecule has 14 heavy (non-hydrogen) atoms. The van der Waals surface area contributed by atoms with Crippen LogP contribution in [0.5, 0.6) is 11.5 Å². The molecule has 0 saturated heterocycles. The van der Waals surface area contributed by atoms with Crippen molar-refractivity contribution in [3.63, 3.8) is 0 Å². The smallest absolute Gasteiger partial charge is 0.199 e. The minimum absolute atomic E-state index is 0.0999. The van der Waals surface area contributed by atoms with Crippen LogP contribution in [0.3, 0.4) is 0 Å². The highest BCUT2D eigenvalue weighted by atomic mass is 16.6. The van der Waals surface area contributed by atoms with Crippen LogP contribution in [-0.4, -0.2) is 30.2 Å². The fourth-order valence-electron chi connectivity index (χ4n) is 0.981. The second-order valence-corrected chi connectivity index (χ2v) is 2.76. The van der Waals surface area contributed by atoms with Gasteiger partial charge in [-0.15, -0.1) is 0 Å². The van der Waals surface area contributed by atoms with Gasteiger partial charge >= 0.3 is 0 Å². The number of methoxy groups -OCH3 is 1. The van der Waals surface area contributed by atoms with Crippen LogP contribution in [0.15, 0.2) is 24.3 Å². The summed E-state index contributed by atoms with van der Waals surface area (Å²) < 4.78 is 10.1. The number of aliphatic hydroxyl groups excluding tert-OH is 2. The van der Waals surface area contributed by atoms with Crippen LogP contribution in [0, 0.1) is 0 Å². The van der Waals surface area contributed by atoms with Crippen molar-refractivity contribution in [2.45, 2.75) is 12.7 Å². The molecule has 0 fully saturated rings. The van der Waals surface area contributed by atoms with Gasteiger partial charge in [-0.2, -0.15) is 0 Å². The van der Waals surface area contributed by atoms with Crippen LogP contribution in [0.4, 0.5) is 0 Å². The van der Waals surface area contributed by atoms with Crippen molar-refractivity contribution in [1.29, 1.82) is 0 Å². The van der Waals surface area contributed by atoms with E-state index >= 15 is 0 Å². The maximum Gasteiger partial charge on any atom is 0.199 e. The largest absolute Gasteiger partial charge is 0.497 e. The van der Waals surface area contributed by atoms with Crippen LogP contribution >= 0.6 is 0 Å². The molecule has 0 saturated carbocycles. The van der Waals surface area contributed by atoms with Gasteiger partial charge in [-0.05, 0) is 24.3 Å². The van der Waals surface area contributed by atoms with Crippen LogP contribution < -0.4 is 9.47 Å². The molecule has 4 heteroatoms. The van der Waals surface area contributed by atoms with E-state index in [0.29, 0.717) is 5.75 Å². The molecule has 2 N–H and O–H groups in total. The zero-order valence-corrected chi connectivity index (χ0v) is 8.01. The average molecular weight is 198 g/mol. The molecule has 1 atom stereocenters. The van der Waals surface area contributed by atoms with Gasteiger partial charge in [0.1, 0.15) is 11.5 Å². The van der Waals surface area contributed by atoms with Crippen LogP contribution in [0.25, 0.3) is 0 Å². The van der Waals surface area contributed by atoms with Crippen LogP contribution in [0.1, 0.15) is 6.42 Å². The number of hydrogen-bond acceptors (Lipinski definition) is 4. The number of rotatable bonds is 5. The number of aliphatic hydroxyl groups is 2. The Bertz CT molecular complexity index is 257. The van der Waals surface area contributed by atoms with E-state index in [2.05, 4.69) is 0 Å². The summed E-state index contributed by atoms with van der Waals surface area (Å²) in [4.78, 5) is 0. The lowest BCUT2D eigenvalue weighted by Crippen LogP contribution is -2.16. The Morgan fingerprint density at radius 1 is 1.21 bits per heavy atom. The molecule has 1 unspecified atom stereocenters. The Morgan fingerprint density at radius 3 is 2.29 bits per heavy atom. The topological polar surface area (TPSA) is 58.9 Å². The van der Waals surface area contributed by atoms with Crippen molar-refractivity contribution in [1.82, 2.24) is 0 Å². The average Bonchev–Trinajstić information content (AvgIpc) is 2.19. The summed E-state index contributed by atoms with van der Waals surface area (Å²) in [6.45, 7) is -0.0999. The molecule has 1 aromatic rings. The van der Waals surface area contributed by atoms with Gasteiger partial charge in [0, 0.05) is 13.0 Å². The lowest BCUT2D eigenvalue weighted by atomic mass is 10.3. The van der Waals surface area contributed by atoms with Crippen molar-refractivity contribution in [3.8, 4) is 11.5 Å². The SMILES string of the molecule is COc1ccc(OC(O)CCO)cc1. The van der Waals surface area contributed by atoms with Crippen molar-refractivity contribution in [3.05, 3.63) is 24.3 Å². The minimum Gasteiger partial charge on any atom is -0.497 e. The Labute approximate surface area is 82.7 Å². The summed E-state index contributed by atoms with van der Waals surface area (Å²) >= 11 is 0. The van der Waals surface area contributed by atoms with E-state index in [0.717, 1.165) is 5.75 Å². The molecule has 1 aromatic carbocycles. The number of ether oxygens (including phenoxy) is 2. The van der Waals surface area contributed by atoms with Crippen molar-refractivity contribution >= 4 is 0 Å². The van der Waals surface area contributed by atoms with E-state index in [1.165, 1.54) is 0 Å². The summed E-state index contributed by atoms with van der Waals surface area (Å²) in [5.41, 5.74) is 0. The lowest BCUT2D eigenvalue weighted by Gasteiger charge is -2.12. The third-order valence-electron chi connectivity index (χ3n) is 1.71. The van der Waals surface area contributed by atoms with E-state index in [4.69, 9.17) is 14.6 Å². The summed E-state index contributed by atoms with van der Waals surface area (Å²) in [5.74, 6) is 1.28. The molecule has 0 radical (unpaired) electrons. The molecule has 1 rings (SSSR count). The normalized spacial score (nSPS) is 12.2. The van der Waals surface area contributed by atoms with E-state index in [1.54, 1.807) is 31.4 Å². The molecule has 0 aliphatic rings. The predicted octanol–water partition coefficient (Wildman–Crippen LogP) is 0.775. The highest BCUT2D eigenvalue weighted by Crippen LogP contribution is 2.18. The Balaban J connectivity index is 2.50. The molecule has 4 nitrogen and oxygen atoms in total. The van der Waals surface area contributed by atoms with Crippen molar-refractivity contribution in [2.75, 3.05) is 13.7 Å². The summed E-state index contributed by atoms with van der Waals surface area (Å²) in [6.07, 6.45) is -0.764. The van der Waals surface area contributed by atoms with Gasteiger partial charge < -0.3 is 19.7 Å². The molecular formula is C10H14O4. The lowest BCUT2D eigenvalue weighted by molar-refractivity contribution is -0.0327. The molecule has 0 aliphatic heterocycles. The van der Waals surface area contributed by atoms with Crippen molar-refractivity contribution < 1.29 is 19.7 Å². The fourth-order valence-corrected chi connectivity index (χ4v) is 0.981. The van der Waals surface area contributed by atoms with Crippen molar-refractivity contribution in [2.24, 2.45) is 0 Å². The van der Waals surface area contributed by atoms with Gasteiger partial charge in [0.05, 0.1) is 7.11 Å². The van der Waals surface area contributed by atoms with Gasteiger partial charge in [0.2, 0.25) is 0 Å². The second-order valence-electron chi connectivity index (χ2n) is 2.76. The maximum atomic E-state index is 9.22. The molecular weight excluding hydrogens is 184 g/mol. The van der Waals surface area contributed by atoms with Crippen LogP contribution in [-0.2, 0) is 0 Å². The quantitative estimate of drug-likeness (QED) is 0.686. The third-order valence-corrected chi connectivity index (χ3v) is 1.71. The van der Waals surface area contributed by atoms with E-state index in [1.807, 2.05) is 0 Å². The summed E-state index contributed by atoms with van der Waals surface area (Å²) in [7, 11) is 1.58. The Morgan fingerprint density at radius 2 is 1.79 bits per heavy atom. The van der Waals surface area contributed by atoms with Gasteiger partial charge in [-0.25, -0.2) is 0 Å². The maximum absolute atomic E-state index is 9.22. The molecule has 78 valence electrons. The first-order chi connectivity index (χ1) is 6.76. The zero-order chi connectivity index (χ0) is 10.4. The summed E-state index contributed by atoms with van der Waals surface area (Å²) in [6, 6.07) is 6.86. The third kappa shape index (κ3) is 3.24. The first-order valence-corrected chi connectivity index (χ1v) is 4.36. The molecule has 0 amide bonds. The standard InChI is InChI=1S/C10H14O4/c1-13-8-2-4-9(5-3-8)14-10(12)6-7-11/h2-5,10-12H,6-7H2,1H3. The second kappa shape index (κ2) is 5.47. The van der Waals surface area contributed by atoms with E-state index in [9.17, 15) is 5.11 Å². The van der Waals surface area contributed by atoms with E-state index in [-0.39, 0.29) is 13.0 Å².